The quantitative estimate of drug-likeness (QED) is 0.0846. The zero-order chi connectivity index (χ0) is 32.2. The number of alkyl carbamates (subject to hydrolysis) is 1. The van der Waals surface area contributed by atoms with E-state index in [0.29, 0.717) is 39.9 Å². The fraction of sp³-hybridized carbons (Fsp3) is 0.379. The van der Waals surface area contributed by atoms with Crippen LogP contribution in [0, 0.1) is 12.3 Å². The van der Waals surface area contributed by atoms with Crippen molar-refractivity contribution in [1.29, 1.82) is 5.41 Å². The highest BCUT2D eigenvalue weighted by Crippen LogP contribution is 2.39. The van der Waals surface area contributed by atoms with Gasteiger partial charge in [0.25, 0.3) is 0 Å². The van der Waals surface area contributed by atoms with Crippen molar-refractivity contribution in [1.82, 2.24) is 5.32 Å². The molecule has 3 aromatic rings. The smallest absolute Gasteiger partial charge is 0.413 e. The molecular formula is C29H36ClN3O6S4. The van der Waals surface area contributed by atoms with Crippen LogP contribution in [-0.2, 0) is 24.4 Å². The van der Waals surface area contributed by atoms with Crippen molar-refractivity contribution in [3.63, 3.8) is 0 Å². The summed E-state index contributed by atoms with van der Waals surface area (Å²) in [6.07, 6.45) is 3.30. The molecule has 0 radical (unpaired) electrons. The van der Waals surface area contributed by atoms with E-state index in [-0.39, 0.29) is 26.3 Å². The van der Waals surface area contributed by atoms with Crippen molar-refractivity contribution < 1.29 is 26.4 Å². The summed E-state index contributed by atoms with van der Waals surface area (Å²) in [7, 11) is -7.05. The maximum Gasteiger partial charge on any atom is 0.413 e. The van der Waals surface area contributed by atoms with E-state index in [4.69, 9.17) is 21.7 Å². The molecule has 2 aromatic carbocycles. The average molecular weight is 686 g/mol. The Hall–Kier alpha value is -2.58. The molecule has 0 spiro atoms. The van der Waals surface area contributed by atoms with Crippen LogP contribution in [-0.4, -0.2) is 59.2 Å². The summed E-state index contributed by atoms with van der Waals surface area (Å²) >= 11 is 8.69. The number of amides is 1. The summed E-state index contributed by atoms with van der Waals surface area (Å²) in [4.78, 5) is 12.6. The van der Waals surface area contributed by atoms with Gasteiger partial charge in [0.2, 0.25) is 9.84 Å². The van der Waals surface area contributed by atoms with Crippen molar-refractivity contribution >= 4 is 72.0 Å². The topological polar surface area (TPSA) is 142 Å². The standard InChI is InChI=1S/C29H36ClN3O6S4/c1-18-14-20(30)16-22(32-12-7-8-13-42(6,35)36)25(18)19-10-9-11-21(15-19)43(37,38)24-17-23(41-27(24)40-5)26(31)33-28(34)39-29(2,3)4/h9-11,14-17,32H,7-8,12-13H2,1-6H3,(H2,31,33,34). The molecule has 1 aromatic heterocycles. The van der Waals surface area contributed by atoms with Crippen molar-refractivity contribution in [3.05, 3.63) is 57.9 Å². The first kappa shape index (κ1) is 34.9. The predicted octanol–water partition coefficient (Wildman–Crippen LogP) is 7.02. The van der Waals surface area contributed by atoms with Gasteiger partial charge in [-0.2, -0.15) is 0 Å². The van der Waals surface area contributed by atoms with Crippen LogP contribution in [0.1, 0.15) is 44.1 Å². The average Bonchev–Trinajstić information content (AvgIpc) is 3.32. The summed E-state index contributed by atoms with van der Waals surface area (Å²) in [5, 5.41) is 14.6. The number of thioether (sulfide) groups is 1. The number of sulfone groups is 2. The number of hydrogen-bond donors (Lipinski definition) is 3. The zero-order valence-corrected chi connectivity index (χ0v) is 28.9. The van der Waals surface area contributed by atoms with Gasteiger partial charge in [0.05, 0.1) is 18.9 Å². The van der Waals surface area contributed by atoms with Gasteiger partial charge in [-0.1, -0.05) is 23.7 Å². The number of benzene rings is 2. The number of carbonyl (C=O) groups excluding carboxylic acids is 1. The predicted molar refractivity (Wildman–Crippen MR) is 177 cm³/mol. The lowest BCUT2D eigenvalue weighted by molar-refractivity contribution is 0.0563. The molecule has 3 rings (SSSR count). The van der Waals surface area contributed by atoms with Gasteiger partial charge in [-0.3, -0.25) is 10.7 Å². The lowest BCUT2D eigenvalue weighted by Gasteiger charge is -2.19. The summed E-state index contributed by atoms with van der Waals surface area (Å²) in [5.74, 6) is -0.150. The molecule has 0 saturated carbocycles. The summed E-state index contributed by atoms with van der Waals surface area (Å²) < 4.78 is 56.4. The van der Waals surface area contributed by atoms with E-state index < -0.39 is 31.4 Å². The highest BCUT2D eigenvalue weighted by molar-refractivity contribution is 8.01. The first-order valence-electron chi connectivity index (χ1n) is 13.3. The largest absolute Gasteiger partial charge is 0.444 e. The SMILES string of the molecule is CSc1sc(C(=N)NC(=O)OC(C)(C)C)cc1S(=O)(=O)c1cccc(-c2c(C)cc(Cl)cc2NCCCCS(C)(=O)=O)c1. The maximum absolute atomic E-state index is 13.9. The van der Waals surface area contributed by atoms with Crippen LogP contribution in [0.3, 0.4) is 0 Å². The molecule has 3 N–H and O–H groups in total. The highest BCUT2D eigenvalue weighted by atomic mass is 35.5. The molecular weight excluding hydrogens is 650 g/mol. The number of thiophene rings is 1. The summed E-state index contributed by atoms with van der Waals surface area (Å²) in [6.45, 7) is 7.52. The molecule has 9 nitrogen and oxygen atoms in total. The van der Waals surface area contributed by atoms with Gasteiger partial charge in [-0.25, -0.2) is 21.6 Å². The van der Waals surface area contributed by atoms with Crippen LogP contribution in [0.4, 0.5) is 10.5 Å². The maximum atomic E-state index is 13.9. The minimum absolute atomic E-state index is 0.0462. The lowest BCUT2D eigenvalue weighted by atomic mass is 9.98. The minimum Gasteiger partial charge on any atom is -0.444 e. The Bertz CT molecular complexity index is 1730. The normalized spacial score (nSPS) is 12.2. The van der Waals surface area contributed by atoms with Gasteiger partial charge in [0.15, 0.2) is 0 Å². The first-order valence-corrected chi connectivity index (χ1v) is 19.2. The Kier molecular flexibility index (Phi) is 11.4. The Labute approximate surface area is 267 Å². The van der Waals surface area contributed by atoms with E-state index in [1.165, 1.54) is 30.2 Å². The third-order valence-electron chi connectivity index (χ3n) is 6.00. The van der Waals surface area contributed by atoms with Gasteiger partial charge in [-0.05, 0) is 88.3 Å². The van der Waals surface area contributed by atoms with E-state index in [0.717, 1.165) is 22.5 Å². The molecule has 1 amide bonds. The van der Waals surface area contributed by atoms with Crippen molar-refractivity contribution in [2.24, 2.45) is 0 Å². The van der Waals surface area contributed by atoms with Gasteiger partial charge in [-0.15, -0.1) is 23.1 Å². The summed E-state index contributed by atoms with van der Waals surface area (Å²) in [6, 6.07) is 11.6. The van der Waals surface area contributed by atoms with E-state index in [1.54, 1.807) is 51.3 Å². The van der Waals surface area contributed by atoms with Crippen LogP contribution in [0.15, 0.2) is 56.5 Å². The van der Waals surface area contributed by atoms with Gasteiger partial charge in [0.1, 0.15) is 21.3 Å². The van der Waals surface area contributed by atoms with Crippen molar-refractivity contribution in [3.8, 4) is 11.1 Å². The van der Waals surface area contributed by atoms with E-state index >= 15 is 0 Å². The van der Waals surface area contributed by atoms with E-state index in [1.807, 2.05) is 13.0 Å². The van der Waals surface area contributed by atoms with Crippen LogP contribution < -0.4 is 10.6 Å². The minimum atomic E-state index is -4.01. The fourth-order valence-electron chi connectivity index (χ4n) is 4.20. The van der Waals surface area contributed by atoms with Gasteiger partial charge >= 0.3 is 6.09 Å². The molecule has 1 heterocycles. The van der Waals surface area contributed by atoms with E-state index in [9.17, 15) is 21.6 Å². The number of amidine groups is 1. The second kappa shape index (κ2) is 14.0. The van der Waals surface area contributed by atoms with Gasteiger partial charge in [0, 0.05) is 34.8 Å². The van der Waals surface area contributed by atoms with Crippen LogP contribution in [0.25, 0.3) is 11.1 Å². The third kappa shape index (κ3) is 9.70. The van der Waals surface area contributed by atoms with Crippen molar-refractivity contribution in [2.75, 3.05) is 30.1 Å². The number of ether oxygens (including phenoxy) is 1. The van der Waals surface area contributed by atoms with Crippen LogP contribution in [0.5, 0.6) is 0 Å². The molecule has 0 aliphatic heterocycles. The molecule has 0 aliphatic rings. The number of carbonyl (C=O) groups is 1. The number of rotatable bonds is 11. The number of anilines is 1. The van der Waals surface area contributed by atoms with E-state index in [2.05, 4.69) is 10.6 Å². The number of aryl methyl sites for hydroxylation is 1. The second-order valence-electron chi connectivity index (χ2n) is 10.9. The fourth-order valence-corrected chi connectivity index (χ4v) is 9.15. The molecule has 0 atom stereocenters. The molecule has 0 saturated heterocycles. The van der Waals surface area contributed by atoms with Crippen LogP contribution in [0.2, 0.25) is 5.02 Å². The van der Waals surface area contributed by atoms with Gasteiger partial charge < -0.3 is 10.1 Å². The Morgan fingerprint density at radius 3 is 2.42 bits per heavy atom. The highest BCUT2D eigenvalue weighted by Gasteiger charge is 2.27. The molecule has 234 valence electrons. The summed E-state index contributed by atoms with van der Waals surface area (Å²) in [5.41, 5.74) is 2.24. The second-order valence-corrected chi connectivity index (χ2v) is 17.7. The number of hydrogen-bond acceptors (Lipinski definition) is 10. The number of unbranched alkanes of at least 4 members (excludes halogenated alkanes) is 1. The Morgan fingerprint density at radius 2 is 1.79 bits per heavy atom. The molecule has 0 fully saturated rings. The first-order chi connectivity index (χ1) is 19.9. The Morgan fingerprint density at radius 1 is 1.09 bits per heavy atom. The molecule has 0 unspecified atom stereocenters. The molecule has 43 heavy (non-hydrogen) atoms. The molecule has 0 aliphatic carbocycles. The van der Waals surface area contributed by atoms with Crippen LogP contribution >= 0.6 is 34.7 Å². The molecule has 14 heteroatoms. The molecule has 0 bridgehead atoms. The van der Waals surface area contributed by atoms with Crippen molar-refractivity contribution in [2.45, 2.75) is 60.1 Å². The third-order valence-corrected chi connectivity index (χ3v) is 11.6. The number of halogens is 1. The monoisotopic (exact) mass is 685 g/mol. The zero-order valence-electron chi connectivity index (χ0n) is 24.8. The lowest BCUT2D eigenvalue weighted by Crippen LogP contribution is -2.36. The number of nitrogens with one attached hydrogen (secondary N) is 3. The Balaban J connectivity index is 1.93.